The van der Waals surface area contributed by atoms with Crippen LogP contribution in [-0.4, -0.2) is 61.4 Å². The molecule has 0 radical (unpaired) electrons. The van der Waals surface area contributed by atoms with Gasteiger partial charge in [0.1, 0.15) is 6.10 Å². The van der Waals surface area contributed by atoms with Crippen LogP contribution in [-0.2, 0) is 9.53 Å². The van der Waals surface area contributed by atoms with Crippen molar-refractivity contribution in [2.45, 2.75) is 36.6 Å². The van der Waals surface area contributed by atoms with E-state index in [1.54, 1.807) is 37.3 Å². The number of hydrogen-bond acceptors (Lipinski definition) is 8. The summed E-state index contributed by atoms with van der Waals surface area (Å²) in [5.41, 5.74) is -2.55. The van der Waals surface area contributed by atoms with Crippen molar-refractivity contribution in [3.05, 3.63) is 107 Å². The van der Waals surface area contributed by atoms with Gasteiger partial charge in [-0.1, -0.05) is 84.9 Å². The maximum absolute atomic E-state index is 13.4. The Bertz CT molecular complexity index is 1260. The number of aliphatic hydroxyl groups is 4. The second-order valence-electron chi connectivity index (χ2n) is 8.47. The third-order valence-electron chi connectivity index (χ3n) is 6.26. The van der Waals surface area contributed by atoms with Gasteiger partial charge in [0.2, 0.25) is 5.78 Å². The van der Waals surface area contributed by atoms with E-state index in [9.17, 15) is 34.8 Å². The number of ketones is 3. The van der Waals surface area contributed by atoms with E-state index in [1.807, 2.05) is 0 Å². The predicted octanol–water partition coefficient (Wildman–Crippen LogP) is 1.54. The molecule has 5 atom stereocenters. The number of benzene rings is 3. The van der Waals surface area contributed by atoms with Crippen LogP contribution in [0, 0.1) is 6.92 Å². The largest absolute Gasteiger partial charge is 0.383 e. The zero-order chi connectivity index (χ0) is 25.4. The number of ether oxygens (including phenoxy) is 1. The Morgan fingerprint density at radius 2 is 1.29 bits per heavy atom. The van der Waals surface area contributed by atoms with Gasteiger partial charge in [-0.15, -0.1) is 0 Å². The summed E-state index contributed by atoms with van der Waals surface area (Å²) in [4.78, 5) is 40.0. The number of carbonyl (C=O) groups excluding carboxylic acids is 3. The predicted molar refractivity (Wildman–Crippen MR) is 123 cm³/mol. The molecule has 1 fully saturated rings. The summed E-state index contributed by atoms with van der Waals surface area (Å²) in [6, 6.07) is 21.0. The van der Waals surface area contributed by atoms with Gasteiger partial charge in [0.05, 0.1) is 0 Å². The molecule has 1 aliphatic rings. The summed E-state index contributed by atoms with van der Waals surface area (Å²) in [6.07, 6.45) is -6.69. The number of rotatable bonds is 7. The normalized spacial score (nSPS) is 26.8. The lowest BCUT2D eigenvalue weighted by Crippen LogP contribution is -2.60. The van der Waals surface area contributed by atoms with Gasteiger partial charge in [-0.3, -0.25) is 14.4 Å². The van der Waals surface area contributed by atoms with Crippen LogP contribution in [0.2, 0.25) is 0 Å². The van der Waals surface area contributed by atoms with Crippen molar-refractivity contribution in [2.24, 2.45) is 0 Å². The molecule has 4 rings (SSSR count). The molecule has 8 nitrogen and oxygen atoms in total. The van der Waals surface area contributed by atoms with Gasteiger partial charge in [0.25, 0.3) is 5.79 Å². The van der Waals surface area contributed by atoms with E-state index in [1.165, 1.54) is 54.6 Å². The van der Waals surface area contributed by atoms with Crippen molar-refractivity contribution >= 4 is 17.3 Å². The molecule has 3 aromatic carbocycles. The number of aryl methyl sites for hydroxylation is 1. The maximum atomic E-state index is 13.4. The highest BCUT2D eigenvalue weighted by molar-refractivity contribution is 6.10. The first kappa shape index (κ1) is 24.6. The first-order valence-electron chi connectivity index (χ1n) is 10.9. The summed E-state index contributed by atoms with van der Waals surface area (Å²) in [5.74, 6) is -6.67. The van der Waals surface area contributed by atoms with Crippen molar-refractivity contribution in [2.75, 3.05) is 0 Å². The molecule has 0 amide bonds. The van der Waals surface area contributed by atoms with Gasteiger partial charge in [-0.2, -0.15) is 0 Å². The Balaban J connectivity index is 1.82. The molecule has 0 bridgehead atoms. The summed E-state index contributed by atoms with van der Waals surface area (Å²) >= 11 is 0. The van der Waals surface area contributed by atoms with Crippen LogP contribution in [0.3, 0.4) is 0 Å². The average Bonchev–Trinajstić information content (AvgIpc) is 3.11. The summed E-state index contributed by atoms with van der Waals surface area (Å²) in [5, 5.41) is 44.6. The standard InChI is InChI=1S/C27H24O8/c1-16-10-8-9-15-19(16)20(28)21(29)24-26(33,22(30)17-11-4-2-5-12-17)25(32)27(34,35-24)23(31)18-13-6-3-7-14-18/h2-15,20,24-25,28,32-34H,1H3/t20?,24-,25-,26-,27?/m1/s1. The summed E-state index contributed by atoms with van der Waals surface area (Å²) < 4.78 is 5.36. The fourth-order valence-corrected chi connectivity index (χ4v) is 4.28. The molecule has 1 saturated heterocycles. The highest BCUT2D eigenvalue weighted by Gasteiger charge is 2.71. The summed E-state index contributed by atoms with van der Waals surface area (Å²) in [7, 11) is 0. The van der Waals surface area contributed by atoms with E-state index in [2.05, 4.69) is 0 Å². The topological polar surface area (TPSA) is 141 Å². The van der Waals surface area contributed by atoms with E-state index in [-0.39, 0.29) is 16.7 Å². The van der Waals surface area contributed by atoms with Crippen LogP contribution < -0.4 is 0 Å². The maximum Gasteiger partial charge on any atom is 0.262 e. The van der Waals surface area contributed by atoms with Crippen molar-refractivity contribution in [3.8, 4) is 0 Å². The third-order valence-corrected chi connectivity index (χ3v) is 6.26. The van der Waals surface area contributed by atoms with Gasteiger partial charge in [-0.25, -0.2) is 0 Å². The van der Waals surface area contributed by atoms with Crippen molar-refractivity contribution in [3.63, 3.8) is 0 Å². The highest BCUT2D eigenvalue weighted by atomic mass is 16.7. The van der Waals surface area contributed by atoms with Crippen LogP contribution >= 0.6 is 0 Å². The van der Waals surface area contributed by atoms with Crippen molar-refractivity contribution in [1.29, 1.82) is 0 Å². The molecule has 3 aromatic rings. The van der Waals surface area contributed by atoms with Gasteiger partial charge in [-0.05, 0) is 18.1 Å². The van der Waals surface area contributed by atoms with E-state index >= 15 is 0 Å². The molecule has 4 N–H and O–H groups in total. The van der Waals surface area contributed by atoms with Crippen LogP contribution in [0.5, 0.6) is 0 Å². The lowest BCUT2D eigenvalue weighted by molar-refractivity contribution is -0.194. The summed E-state index contributed by atoms with van der Waals surface area (Å²) in [6.45, 7) is 1.65. The molecule has 2 unspecified atom stereocenters. The minimum absolute atomic E-state index is 0.0869. The van der Waals surface area contributed by atoms with Crippen LogP contribution in [0.1, 0.15) is 37.9 Å². The molecule has 0 spiro atoms. The lowest BCUT2D eigenvalue weighted by atomic mass is 9.78. The molecule has 180 valence electrons. The molecule has 8 heteroatoms. The van der Waals surface area contributed by atoms with E-state index in [0.29, 0.717) is 5.56 Å². The lowest BCUT2D eigenvalue weighted by Gasteiger charge is -2.30. The Hall–Kier alpha value is -3.53. The Kier molecular flexibility index (Phi) is 6.50. The zero-order valence-electron chi connectivity index (χ0n) is 18.7. The Morgan fingerprint density at radius 3 is 1.83 bits per heavy atom. The van der Waals surface area contributed by atoms with Gasteiger partial charge in [0.15, 0.2) is 29.4 Å². The minimum Gasteiger partial charge on any atom is -0.383 e. The average molecular weight is 476 g/mol. The minimum atomic E-state index is -3.15. The van der Waals surface area contributed by atoms with Crippen molar-refractivity contribution < 1.29 is 39.5 Å². The second-order valence-corrected chi connectivity index (χ2v) is 8.47. The molecule has 1 aliphatic heterocycles. The molecular formula is C27H24O8. The van der Waals surface area contributed by atoms with Gasteiger partial charge >= 0.3 is 0 Å². The fraction of sp³-hybridized carbons (Fsp3) is 0.222. The van der Waals surface area contributed by atoms with E-state index in [4.69, 9.17) is 4.74 Å². The Labute approximate surface area is 201 Å². The first-order valence-corrected chi connectivity index (χ1v) is 10.9. The smallest absolute Gasteiger partial charge is 0.262 e. The van der Waals surface area contributed by atoms with E-state index < -0.39 is 47.0 Å². The molecule has 0 aromatic heterocycles. The Morgan fingerprint density at radius 1 is 0.800 bits per heavy atom. The van der Waals surface area contributed by atoms with Gasteiger partial charge in [0, 0.05) is 11.1 Å². The number of aliphatic hydroxyl groups excluding tert-OH is 2. The molecule has 1 heterocycles. The van der Waals surface area contributed by atoms with Gasteiger partial charge < -0.3 is 25.2 Å². The van der Waals surface area contributed by atoms with Crippen molar-refractivity contribution in [1.82, 2.24) is 0 Å². The molecule has 0 aliphatic carbocycles. The number of Topliss-reactive ketones (excluding diaryl/α,β-unsaturated/α-hetero) is 3. The SMILES string of the molecule is Cc1ccccc1C(O)C(=O)[C@H]1OC(O)(C(=O)c2ccccc2)[C@H](O)[C@@]1(O)C(=O)c1ccccc1. The first-order chi connectivity index (χ1) is 16.6. The van der Waals surface area contributed by atoms with E-state index in [0.717, 1.165) is 0 Å². The zero-order valence-corrected chi connectivity index (χ0v) is 18.7. The number of carbonyl (C=O) groups is 3. The molecule has 35 heavy (non-hydrogen) atoms. The third kappa shape index (κ3) is 4.01. The number of hydrogen-bond donors (Lipinski definition) is 4. The second kappa shape index (κ2) is 9.26. The molecular weight excluding hydrogens is 452 g/mol. The van der Waals surface area contributed by atoms with Crippen LogP contribution in [0.4, 0.5) is 0 Å². The fourth-order valence-electron chi connectivity index (χ4n) is 4.28. The van der Waals surface area contributed by atoms with Crippen LogP contribution in [0.25, 0.3) is 0 Å². The highest BCUT2D eigenvalue weighted by Crippen LogP contribution is 2.43. The molecule has 0 saturated carbocycles. The van der Waals surface area contributed by atoms with Crippen LogP contribution in [0.15, 0.2) is 84.9 Å². The quantitative estimate of drug-likeness (QED) is 0.377. The monoisotopic (exact) mass is 476 g/mol.